The minimum Gasteiger partial charge on any atom is -0.487 e. The summed E-state index contributed by atoms with van der Waals surface area (Å²) in [6, 6.07) is 5.52. The van der Waals surface area contributed by atoms with Crippen molar-refractivity contribution < 1.29 is 28.9 Å². The number of aliphatic hydroxyl groups excluding tert-OH is 1. The first-order valence-corrected chi connectivity index (χ1v) is 11.9. The van der Waals surface area contributed by atoms with Crippen LogP contribution in [-0.2, 0) is 19.1 Å². The molecule has 1 aromatic carbocycles. The van der Waals surface area contributed by atoms with Crippen LogP contribution in [0.4, 0.5) is 5.69 Å². The summed E-state index contributed by atoms with van der Waals surface area (Å²) in [5.74, 6) is 0.443. The number of carbonyl (C=O) groups excluding carboxylic acids is 2. The number of hydrogen-bond acceptors (Lipinski definition) is 7. The van der Waals surface area contributed by atoms with Crippen molar-refractivity contribution in [1.29, 1.82) is 0 Å². The van der Waals surface area contributed by atoms with Gasteiger partial charge in [-0.15, -0.1) is 0 Å². The number of piperidine rings is 1. The Morgan fingerprint density at radius 3 is 2.79 bits per heavy atom. The summed E-state index contributed by atoms with van der Waals surface area (Å²) in [6.07, 6.45) is 3.50. The van der Waals surface area contributed by atoms with Gasteiger partial charge in [0.15, 0.2) is 0 Å². The van der Waals surface area contributed by atoms with Gasteiger partial charge in [-0.3, -0.25) is 9.59 Å². The van der Waals surface area contributed by atoms with Gasteiger partial charge in [-0.1, -0.05) is 6.42 Å². The number of anilines is 1. The number of benzene rings is 1. The number of methoxy groups -OCH3 is 1. The van der Waals surface area contributed by atoms with Crippen LogP contribution in [0.5, 0.6) is 5.75 Å². The lowest BCUT2D eigenvalue weighted by Crippen LogP contribution is -2.47. The number of aliphatic hydroxyl groups is 1. The first-order valence-electron chi connectivity index (χ1n) is 11.9. The van der Waals surface area contributed by atoms with Crippen LogP contribution in [0, 0.1) is 0 Å². The van der Waals surface area contributed by atoms with E-state index in [0.717, 1.165) is 30.9 Å². The summed E-state index contributed by atoms with van der Waals surface area (Å²) >= 11 is 0. The highest BCUT2D eigenvalue weighted by atomic mass is 16.6. The summed E-state index contributed by atoms with van der Waals surface area (Å²) < 4.78 is 17.0. The van der Waals surface area contributed by atoms with Gasteiger partial charge in [0, 0.05) is 37.4 Å². The monoisotopic (exact) mass is 461 g/mol. The highest BCUT2D eigenvalue weighted by Gasteiger charge is 2.46. The molecule has 3 aliphatic rings. The fourth-order valence-electron chi connectivity index (χ4n) is 5.11. The molecule has 0 aliphatic carbocycles. The van der Waals surface area contributed by atoms with Crippen LogP contribution in [0.15, 0.2) is 18.2 Å². The average Bonchev–Trinajstić information content (AvgIpc) is 3.17. The fourth-order valence-corrected chi connectivity index (χ4v) is 5.11. The molecule has 3 heterocycles. The van der Waals surface area contributed by atoms with Gasteiger partial charge in [-0.05, 0) is 50.6 Å². The lowest BCUT2D eigenvalue weighted by atomic mass is 9.84. The first kappa shape index (κ1) is 23.9. The normalized spacial score (nSPS) is 26.7. The summed E-state index contributed by atoms with van der Waals surface area (Å²) in [7, 11) is 1.47. The number of nitrogens with zero attached hydrogens (tertiary/aromatic N) is 1. The molecule has 0 spiro atoms. The van der Waals surface area contributed by atoms with Gasteiger partial charge in [-0.25, -0.2) is 0 Å². The molecule has 0 saturated carbocycles. The molecule has 2 saturated heterocycles. The van der Waals surface area contributed by atoms with Gasteiger partial charge in [0.2, 0.25) is 11.8 Å². The number of fused-ring (bicyclic) bond motifs is 3. The third kappa shape index (κ3) is 6.03. The van der Waals surface area contributed by atoms with E-state index in [-0.39, 0.29) is 49.6 Å². The zero-order chi connectivity index (χ0) is 23.2. The van der Waals surface area contributed by atoms with Crippen LogP contribution in [0.1, 0.15) is 43.6 Å². The molecule has 2 fully saturated rings. The van der Waals surface area contributed by atoms with Gasteiger partial charge in [0.25, 0.3) is 0 Å². The number of nitrogens with one attached hydrogen (secondary N) is 2. The molecular formula is C24H35N3O6. The molecule has 0 unspecified atom stereocenters. The molecule has 3 aliphatic heterocycles. The maximum atomic E-state index is 12.6. The number of likely N-dealkylation sites (tertiary alicyclic amines) is 1. The molecule has 0 aromatic heterocycles. The van der Waals surface area contributed by atoms with E-state index >= 15 is 0 Å². The molecule has 0 bridgehead atoms. The third-order valence-corrected chi connectivity index (χ3v) is 6.67. The van der Waals surface area contributed by atoms with Gasteiger partial charge in [0.1, 0.15) is 24.6 Å². The minimum atomic E-state index is -0.506. The Labute approximate surface area is 194 Å². The Kier molecular flexibility index (Phi) is 8.19. The van der Waals surface area contributed by atoms with Crippen LogP contribution in [0.25, 0.3) is 0 Å². The van der Waals surface area contributed by atoms with Gasteiger partial charge < -0.3 is 34.9 Å². The van der Waals surface area contributed by atoms with Crippen LogP contribution in [0.2, 0.25) is 0 Å². The van der Waals surface area contributed by atoms with Crippen LogP contribution < -0.4 is 15.4 Å². The van der Waals surface area contributed by atoms with Crippen LogP contribution >= 0.6 is 0 Å². The zero-order valence-corrected chi connectivity index (χ0v) is 19.3. The summed E-state index contributed by atoms with van der Waals surface area (Å²) in [4.78, 5) is 26.8. The number of rotatable bonds is 9. The van der Waals surface area contributed by atoms with Crippen molar-refractivity contribution in [3.63, 3.8) is 0 Å². The van der Waals surface area contributed by atoms with E-state index in [1.54, 1.807) is 6.07 Å². The molecule has 2 amide bonds. The molecule has 9 nitrogen and oxygen atoms in total. The van der Waals surface area contributed by atoms with Gasteiger partial charge in [0.05, 0.1) is 19.1 Å². The van der Waals surface area contributed by atoms with Crippen molar-refractivity contribution in [2.75, 3.05) is 51.8 Å². The topological polar surface area (TPSA) is 109 Å². The van der Waals surface area contributed by atoms with E-state index in [9.17, 15) is 14.7 Å². The molecule has 182 valence electrons. The van der Waals surface area contributed by atoms with E-state index in [4.69, 9.17) is 14.2 Å². The van der Waals surface area contributed by atoms with E-state index in [1.165, 1.54) is 26.4 Å². The predicted molar refractivity (Wildman–Crippen MR) is 122 cm³/mol. The Morgan fingerprint density at radius 1 is 1.21 bits per heavy atom. The maximum absolute atomic E-state index is 12.6. The lowest BCUT2D eigenvalue weighted by molar-refractivity contribution is -0.142. The standard InChI is InChI=1S/C24H35N3O6/c1-31-15-23(30)26-16-5-6-20-18(11-16)19-12-17(32-21(14-28)24(19)33-20)13-22(29)25-7-10-27-8-3-2-4-9-27/h5-6,11,17,19,21,24,28H,2-4,7-10,12-15H2,1H3,(H,25,29)(H,26,30)/t17-,19-,21-,24+/m1/s1. The highest BCUT2D eigenvalue weighted by Crippen LogP contribution is 2.47. The minimum absolute atomic E-state index is 0.0173. The summed E-state index contributed by atoms with van der Waals surface area (Å²) in [5, 5.41) is 15.7. The van der Waals surface area contributed by atoms with Crippen molar-refractivity contribution in [2.45, 2.75) is 56.3 Å². The maximum Gasteiger partial charge on any atom is 0.250 e. The van der Waals surface area contributed by atoms with E-state index < -0.39 is 6.10 Å². The Bertz CT molecular complexity index is 828. The zero-order valence-electron chi connectivity index (χ0n) is 19.3. The quantitative estimate of drug-likeness (QED) is 0.508. The molecular weight excluding hydrogens is 426 g/mol. The average molecular weight is 462 g/mol. The van der Waals surface area contributed by atoms with Gasteiger partial charge >= 0.3 is 0 Å². The number of hydrogen-bond donors (Lipinski definition) is 3. The Morgan fingerprint density at radius 2 is 2.03 bits per heavy atom. The second-order valence-corrected chi connectivity index (χ2v) is 9.09. The van der Waals surface area contributed by atoms with Crippen LogP contribution in [0.3, 0.4) is 0 Å². The Hall–Kier alpha value is -2.20. The van der Waals surface area contributed by atoms with E-state index in [1.807, 2.05) is 12.1 Å². The fraction of sp³-hybridized carbons (Fsp3) is 0.667. The molecule has 4 atom stereocenters. The third-order valence-electron chi connectivity index (χ3n) is 6.67. The molecule has 0 radical (unpaired) electrons. The molecule has 4 rings (SSSR count). The Balaban J connectivity index is 1.35. The van der Waals surface area contributed by atoms with Crippen molar-refractivity contribution >= 4 is 17.5 Å². The molecule has 9 heteroatoms. The second-order valence-electron chi connectivity index (χ2n) is 9.09. The van der Waals surface area contributed by atoms with E-state index in [2.05, 4.69) is 15.5 Å². The van der Waals surface area contributed by atoms with Crippen molar-refractivity contribution in [1.82, 2.24) is 10.2 Å². The van der Waals surface area contributed by atoms with E-state index in [0.29, 0.717) is 18.7 Å². The smallest absolute Gasteiger partial charge is 0.250 e. The van der Waals surface area contributed by atoms with Crippen molar-refractivity contribution in [2.24, 2.45) is 0 Å². The summed E-state index contributed by atoms with van der Waals surface area (Å²) in [6.45, 7) is 3.53. The van der Waals surface area contributed by atoms with Crippen LogP contribution in [-0.4, -0.2) is 86.6 Å². The summed E-state index contributed by atoms with van der Waals surface area (Å²) in [5.41, 5.74) is 1.63. The predicted octanol–water partition coefficient (Wildman–Crippen LogP) is 1.26. The molecule has 1 aromatic rings. The number of ether oxygens (including phenoxy) is 3. The SMILES string of the molecule is COCC(=O)Nc1ccc2c(c1)[C@H]1C[C@H](CC(=O)NCCN3CCCCC3)O[C@H](CO)[C@H]1O2. The first-order chi connectivity index (χ1) is 16.1. The highest BCUT2D eigenvalue weighted by molar-refractivity contribution is 5.91. The number of amides is 2. The van der Waals surface area contributed by atoms with Crippen molar-refractivity contribution in [3.8, 4) is 5.75 Å². The largest absolute Gasteiger partial charge is 0.487 e. The number of carbonyl (C=O) groups is 2. The second kappa shape index (κ2) is 11.3. The molecule has 3 N–H and O–H groups in total. The lowest BCUT2D eigenvalue weighted by Gasteiger charge is -2.37. The molecule has 33 heavy (non-hydrogen) atoms. The van der Waals surface area contributed by atoms with Crippen molar-refractivity contribution in [3.05, 3.63) is 23.8 Å². The van der Waals surface area contributed by atoms with Gasteiger partial charge in [-0.2, -0.15) is 0 Å².